The van der Waals surface area contributed by atoms with E-state index in [1.165, 1.54) is 11.7 Å². The number of nitrogens with one attached hydrogen (secondary N) is 1. The van der Waals surface area contributed by atoms with E-state index in [0.717, 1.165) is 0 Å². The molecule has 0 saturated carbocycles. The summed E-state index contributed by atoms with van der Waals surface area (Å²) in [5.41, 5.74) is 0.601. The molecule has 6 nitrogen and oxygen atoms in total. The van der Waals surface area contributed by atoms with Crippen molar-refractivity contribution < 1.29 is 4.74 Å². The number of rotatable bonds is 3. The Morgan fingerprint density at radius 2 is 1.95 bits per heavy atom. The van der Waals surface area contributed by atoms with Crippen molar-refractivity contribution in [3.63, 3.8) is 0 Å². The Hall–Kier alpha value is -2.60. The third kappa shape index (κ3) is 2.27. The summed E-state index contributed by atoms with van der Waals surface area (Å²) >= 11 is 6.06. The number of hydrogen-bond donors (Lipinski definition) is 1. The van der Waals surface area contributed by atoms with Crippen LogP contribution in [0.5, 0.6) is 5.75 Å². The summed E-state index contributed by atoms with van der Waals surface area (Å²) in [5, 5.41) is 3.73. The maximum atomic E-state index is 12.4. The topological polar surface area (TPSA) is 69.0 Å². The number of benzene rings is 1. The molecule has 0 spiro atoms. The van der Waals surface area contributed by atoms with Gasteiger partial charge in [0.25, 0.3) is 0 Å². The molecule has 0 unspecified atom stereocenters. The van der Waals surface area contributed by atoms with Gasteiger partial charge >= 0.3 is 5.69 Å². The fourth-order valence-corrected chi connectivity index (χ4v) is 2.49. The minimum atomic E-state index is -0.445. The lowest BCUT2D eigenvalue weighted by Crippen LogP contribution is -2.24. The van der Waals surface area contributed by atoms with Crippen LogP contribution in [0.15, 0.2) is 41.2 Å². The van der Waals surface area contributed by atoms with Gasteiger partial charge in [-0.2, -0.15) is 4.98 Å². The minimum absolute atomic E-state index is 0.238. The van der Waals surface area contributed by atoms with Crippen molar-refractivity contribution in [3.05, 3.63) is 52.0 Å². The number of fused-ring (bicyclic) bond motifs is 1. The second-order valence-corrected chi connectivity index (χ2v) is 4.90. The van der Waals surface area contributed by atoms with E-state index in [-0.39, 0.29) is 5.15 Å². The molecule has 2 aromatic heterocycles. The van der Waals surface area contributed by atoms with E-state index in [9.17, 15) is 4.79 Å². The number of ether oxygens (including phenoxy) is 1. The lowest BCUT2D eigenvalue weighted by molar-refractivity contribution is 0.419. The van der Waals surface area contributed by atoms with E-state index in [2.05, 4.69) is 15.3 Å². The molecule has 3 aromatic rings. The van der Waals surface area contributed by atoms with E-state index >= 15 is 0 Å². The molecule has 3 rings (SSSR count). The Labute approximate surface area is 131 Å². The zero-order valence-corrected chi connectivity index (χ0v) is 12.8. The highest BCUT2D eigenvalue weighted by molar-refractivity contribution is 6.30. The van der Waals surface area contributed by atoms with Crippen molar-refractivity contribution in [3.8, 4) is 11.4 Å². The van der Waals surface area contributed by atoms with Gasteiger partial charge in [-0.25, -0.2) is 14.3 Å². The molecule has 7 heteroatoms. The van der Waals surface area contributed by atoms with Gasteiger partial charge in [0.05, 0.1) is 12.8 Å². The van der Waals surface area contributed by atoms with Crippen molar-refractivity contribution in [1.82, 2.24) is 14.5 Å². The molecule has 0 bridgehead atoms. The van der Waals surface area contributed by atoms with E-state index in [0.29, 0.717) is 28.3 Å². The van der Waals surface area contributed by atoms with E-state index in [4.69, 9.17) is 16.3 Å². The van der Waals surface area contributed by atoms with Crippen LogP contribution in [0.4, 0.5) is 5.82 Å². The van der Waals surface area contributed by atoms with Crippen molar-refractivity contribution in [2.75, 3.05) is 19.5 Å². The molecule has 1 N–H and O–H groups in total. The summed E-state index contributed by atoms with van der Waals surface area (Å²) in [5.74, 6) is 0.893. The molecule has 1 aromatic carbocycles. The predicted molar refractivity (Wildman–Crippen MR) is 86.2 cm³/mol. The lowest BCUT2D eigenvalue weighted by atomic mass is 10.2. The van der Waals surface area contributed by atoms with Crippen LogP contribution in [0.25, 0.3) is 16.7 Å². The first-order valence-corrected chi connectivity index (χ1v) is 6.94. The van der Waals surface area contributed by atoms with Gasteiger partial charge in [0, 0.05) is 13.1 Å². The SMILES string of the molecule is CNc1nc(=O)n(-c2ccccc2)c2nc(Cl)cc(OC)c12. The minimum Gasteiger partial charge on any atom is -0.496 e. The number of anilines is 1. The fourth-order valence-electron chi connectivity index (χ4n) is 2.31. The Kier molecular flexibility index (Phi) is 3.68. The normalized spacial score (nSPS) is 10.7. The van der Waals surface area contributed by atoms with Gasteiger partial charge in [0.2, 0.25) is 0 Å². The van der Waals surface area contributed by atoms with Gasteiger partial charge in [-0.3, -0.25) is 0 Å². The highest BCUT2D eigenvalue weighted by Crippen LogP contribution is 2.31. The molecule has 22 heavy (non-hydrogen) atoms. The molecular formula is C15H13ClN4O2. The number of hydrogen-bond acceptors (Lipinski definition) is 5. The molecule has 0 amide bonds. The second-order valence-electron chi connectivity index (χ2n) is 4.51. The molecule has 0 atom stereocenters. The van der Waals surface area contributed by atoms with Crippen LogP contribution >= 0.6 is 11.6 Å². The van der Waals surface area contributed by atoms with Gasteiger partial charge < -0.3 is 10.1 Å². The summed E-state index contributed by atoms with van der Waals surface area (Å²) < 4.78 is 6.77. The van der Waals surface area contributed by atoms with Crippen LogP contribution < -0.4 is 15.7 Å². The number of aromatic nitrogens is 3. The largest absolute Gasteiger partial charge is 0.496 e. The quantitative estimate of drug-likeness (QED) is 0.752. The second kappa shape index (κ2) is 5.65. The van der Waals surface area contributed by atoms with Crippen molar-refractivity contribution in [2.24, 2.45) is 0 Å². The number of nitrogens with zero attached hydrogens (tertiary/aromatic N) is 3. The van der Waals surface area contributed by atoms with Crippen LogP contribution in [-0.2, 0) is 0 Å². The Morgan fingerprint density at radius 1 is 1.23 bits per heavy atom. The fraction of sp³-hybridized carbons (Fsp3) is 0.133. The van der Waals surface area contributed by atoms with Crippen LogP contribution in [-0.4, -0.2) is 28.7 Å². The highest BCUT2D eigenvalue weighted by atomic mass is 35.5. The summed E-state index contributed by atoms with van der Waals surface area (Å²) in [6, 6.07) is 10.7. The standard InChI is InChI=1S/C15H13ClN4O2/c1-17-13-12-10(22-2)8-11(16)18-14(12)20(15(21)19-13)9-6-4-3-5-7-9/h3-8H,1-2H3,(H,17,19,21). The number of pyridine rings is 1. The molecule has 0 radical (unpaired) electrons. The maximum absolute atomic E-state index is 12.4. The van der Waals surface area contributed by atoms with Gasteiger partial charge in [-0.05, 0) is 12.1 Å². The van der Waals surface area contributed by atoms with Gasteiger partial charge in [0.1, 0.15) is 22.1 Å². The van der Waals surface area contributed by atoms with Crippen molar-refractivity contribution in [1.29, 1.82) is 0 Å². The number of para-hydroxylation sites is 1. The first-order chi connectivity index (χ1) is 10.7. The molecule has 0 aliphatic carbocycles. The monoisotopic (exact) mass is 316 g/mol. The van der Waals surface area contributed by atoms with E-state index < -0.39 is 5.69 Å². The molecule has 0 fully saturated rings. The van der Waals surface area contributed by atoms with Crippen LogP contribution in [0.2, 0.25) is 5.15 Å². The van der Waals surface area contributed by atoms with Crippen LogP contribution in [0.3, 0.4) is 0 Å². The number of methoxy groups -OCH3 is 1. The summed E-state index contributed by atoms with van der Waals surface area (Å²) in [6.45, 7) is 0. The van der Waals surface area contributed by atoms with E-state index in [1.54, 1.807) is 25.2 Å². The lowest BCUT2D eigenvalue weighted by Gasteiger charge is -2.14. The Morgan fingerprint density at radius 3 is 2.59 bits per heavy atom. The molecule has 2 heterocycles. The molecule has 112 valence electrons. The summed E-state index contributed by atoms with van der Waals surface area (Å²) in [6.07, 6.45) is 0. The van der Waals surface area contributed by atoms with Crippen molar-refractivity contribution in [2.45, 2.75) is 0 Å². The summed E-state index contributed by atoms with van der Waals surface area (Å²) in [4.78, 5) is 20.8. The predicted octanol–water partition coefficient (Wildman–Crippen LogP) is 2.48. The number of halogens is 1. The average Bonchev–Trinajstić information content (AvgIpc) is 2.53. The Bertz CT molecular complexity index is 893. The molecule has 0 aliphatic heterocycles. The van der Waals surface area contributed by atoms with Gasteiger partial charge in [0.15, 0.2) is 5.65 Å². The smallest absolute Gasteiger partial charge is 0.355 e. The average molecular weight is 317 g/mol. The zero-order chi connectivity index (χ0) is 15.7. The van der Waals surface area contributed by atoms with Crippen LogP contribution in [0, 0.1) is 0 Å². The third-order valence-corrected chi connectivity index (χ3v) is 3.44. The van der Waals surface area contributed by atoms with Gasteiger partial charge in [-0.1, -0.05) is 29.8 Å². The molecular weight excluding hydrogens is 304 g/mol. The first-order valence-electron chi connectivity index (χ1n) is 6.56. The third-order valence-electron chi connectivity index (χ3n) is 3.25. The molecule has 0 aliphatic rings. The molecule has 0 saturated heterocycles. The Balaban J connectivity index is 2.51. The zero-order valence-electron chi connectivity index (χ0n) is 12.0. The van der Waals surface area contributed by atoms with E-state index in [1.807, 2.05) is 18.2 Å². The van der Waals surface area contributed by atoms with Gasteiger partial charge in [-0.15, -0.1) is 0 Å². The van der Waals surface area contributed by atoms with Crippen LogP contribution in [0.1, 0.15) is 0 Å². The maximum Gasteiger partial charge on any atom is 0.355 e. The van der Waals surface area contributed by atoms with Crippen molar-refractivity contribution >= 4 is 28.5 Å². The summed E-state index contributed by atoms with van der Waals surface area (Å²) in [7, 11) is 3.21. The highest BCUT2D eigenvalue weighted by Gasteiger charge is 2.17. The first kappa shape index (κ1) is 14.3.